The number of esters is 1. The lowest BCUT2D eigenvalue weighted by Crippen LogP contribution is -2.27. The van der Waals surface area contributed by atoms with E-state index >= 15 is 0 Å². The Morgan fingerprint density at radius 3 is 1.12 bits per heavy atom. The van der Waals surface area contributed by atoms with E-state index in [1.807, 2.05) is 0 Å². The van der Waals surface area contributed by atoms with E-state index < -0.39 is 6.10 Å². The number of aliphatic hydroxyl groups is 1. The molecule has 0 aromatic heterocycles. The van der Waals surface area contributed by atoms with Crippen molar-refractivity contribution in [1.82, 2.24) is 0 Å². The van der Waals surface area contributed by atoms with Crippen LogP contribution in [0.5, 0.6) is 0 Å². The molecule has 1 N–H and O–H groups in total. The van der Waals surface area contributed by atoms with Gasteiger partial charge >= 0.3 is 5.97 Å². The van der Waals surface area contributed by atoms with Gasteiger partial charge in [-0.1, -0.05) is 224 Å². The molecular weight excluding hydrogens is 689 g/mol. The number of unbranched alkanes of at least 4 members (excludes halogenated alkanes) is 33. The Morgan fingerprint density at radius 2 is 0.750 bits per heavy atom. The summed E-state index contributed by atoms with van der Waals surface area (Å²) in [5.41, 5.74) is 0. The molecule has 0 amide bonds. The monoisotopic (exact) mass is 787 g/mol. The van der Waals surface area contributed by atoms with Crippen LogP contribution in [0.25, 0.3) is 0 Å². The molecule has 4 nitrogen and oxygen atoms in total. The lowest BCUT2D eigenvalue weighted by atomic mass is 10.0. The summed E-state index contributed by atoms with van der Waals surface area (Å²) < 4.78 is 11.2. The molecule has 0 spiro atoms. The summed E-state index contributed by atoms with van der Waals surface area (Å²) in [6, 6.07) is 0. The molecule has 0 heterocycles. The highest BCUT2D eigenvalue weighted by atomic mass is 16.6. The number of rotatable bonds is 47. The molecule has 0 aliphatic rings. The van der Waals surface area contributed by atoms with Crippen molar-refractivity contribution in [3.63, 3.8) is 0 Å². The molecule has 0 aliphatic heterocycles. The molecular formula is C52H98O4. The molecule has 330 valence electrons. The number of carbonyl (C=O) groups excluding carboxylic acids is 1. The zero-order valence-corrected chi connectivity index (χ0v) is 37.9. The van der Waals surface area contributed by atoms with E-state index in [4.69, 9.17) is 9.47 Å². The summed E-state index contributed by atoms with van der Waals surface area (Å²) in [7, 11) is 0. The van der Waals surface area contributed by atoms with Gasteiger partial charge in [-0.2, -0.15) is 0 Å². The van der Waals surface area contributed by atoms with Crippen LogP contribution in [0.4, 0.5) is 0 Å². The van der Waals surface area contributed by atoms with Crippen molar-refractivity contribution in [2.75, 3.05) is 19.8 Å². The number of carbonyl (C=O) groups is 1. The van der Waals surface area contributed by atoms with Crippen LogP contribution < -0.4 is 0 Å². The first kappa shape index (κ1) is 54.6. The quantitative estimate of drug-likeness (QED) is 0.0379. The summed E-state index contributed by atoms with van der Waals surface area (Å²) in [4.78, 5) is 12.2. The van der Waals surface area contributed by atoms with E-state index in [1.165, 1.54) is 218 Å². The standard InChI is InChI=1S/C52H98O4/c1-3-5-7-9-11-13-15-17-19-21-23-24-25-26-27-28-29-30-32-34-36-38-40-42-44-46-48-55-50-51(49-53)56-52(54)47-45-43-41-39-37-35-33-31-22-20-18-16-14-12-10-8-6-4-2/h15,17,20-23,51,53H,3-14,16,18-19,24-50H2,1-2H3/b17-15-,22-20-,23-21-. The number of allylic oxidation sites excluding steroid dienone is 6. The van der Waals surface area contributed by atoms with Crippen molar-refractivity contribution in [3.8, 4) is 0 Å². The Balaban J connectivity index is 3.38. The van der Waals surface area contributed by atoms with Gasteiger partial charge in [0.25, 0.3) is 0 Å². The molecule has 0 radical (unpaired) electrons. The van der Waals surface area contributed by atoms with E-state index in [9.17, 15) is 9.90 Å². The predicted octanol–water partition coefficient (Wildman–Crippen LogP) is 16.8. The minimum atomic E-state index is -0.536. The fourth-order valence-electron chi connectivity index (χ4n) is 7.41. The summed E-state index contributed by atoms with van der Waals surface area (Å²) in [5.74, 6) is -0.202. The normalized spacial score (nSPS) is 12.6. The lowest BCUT2D eigenvalue weighted by Gasteiger charge is -2.16. The zero-order chi connectivity index (χ0) is 40.5. The first-order valence-corrected chi connectivity index (χ1v) is 25.1. The maximum atomic E-state index is 12.2. The van der Waals surface area contributed by atoms with Gasteiger partial charge in [0.2, 0.25) is 0 Å². The second-order valence-electron chi connectivity index (χ2n) is 16.9. The van der Waals surface area contributed by atoms with Crippen LogP contribution in [-0.4, -0.2) is 37.0 Å². The van der Waals surface area contributed by atoms with Gasteiger partial charge in [-0.25, -0.2) is 0 Å². The van der Waals surface area contributed by atoms with Gasteiger partial charge in [0, 0.05) is 13.0 Å². The Bertz CT molecular complexity index is 833. The fraction of sp³-hybridized carbons (Fsp3) is 0.865. The number of hydrogen-bond acceptors (Lipinski definition) is 4. The van der Waals surface area contributed by atoms with Crippen LogP contribution in [-0.2, 0) is 14.3 Å². The summed E-state index contributed by atoms with van der Waals surface area (Å²) in [6.07, 6.45) is 63.8. The molecule has 0 saturated carbocycles. The molecule has 1 unspecified atom stereocenters. The van der Waals surface area contributed by atoms with Crippen LogP contribution in [0, 0.1) is 0 Å². The van der Waals surface area contributed by atoms with Crippen molar-refractivity contribution >= 4 is 5.97 Å². The van der Waals surface area contributed by atoms with Gasteiger partial charge < -0.3 is 14.6 Å². The first-order chi connectivity index (χ1) is 27.7. The zero-order valence-electron chi connectivity index (χ0n) is 37.9. The second-order valence-corrected chi connectivity index (χ2v) is 16.9. The van der Waals surface area contributed by atoms with Crippen LogP contribution in [0.1, 0.15) is 264 Å². The molecule has 0 bridgehead atoms. The third-order valence-corrected chi connectivity index (χ3v) is 11.2. The van der Waals surface area contributed by atoms with Crippen LogP contribution in [0.3, 0.4) is 0 Å². The smallest absolute Gasteiger partial charge is 0.306 e. The third-order valence-electron chi connectivity index (χ3n) is 11.2. The Labute approximate surface area is 350 Å². The van der Waals surface area contributed by atoms with Gasteiger partial charge in [0.15, 0.2) is 0 Å². The van der Waals surface area contributed by atoms with Gasteiger partial charge in [-0.3, -0.25) is 4.79 Å². The minimum absolute atomic E-state index is 0.171. The average Bonchev–Trinajstić information content (AvgIpc) is 3.20. The Morgan fingerprint density at radius 1 is 0.429 bits per heavy atom. The van der Waals surface area contributed by atoms with Gasteiger partial charge in [-0.05, 0) is 70.6 Å². The molecule has 0 aromatic rings. The number of ether oxygens (including phenoxy) is 2. The predicted molar refractivity (Wildman–Crippen MR) is 247 cm³/mol. The van der Waals surface area contributed by atoms with Gasteiger partial charge in [-0.15, -0.1) is 0 Å². The topological polar surface area (TPSA) is 55.8 Å². The Kier molecular flexibility index (Phi) is 48.5. The number of aliphatic hydroxyl groups excluding tert-OH is 1. The molecule has 0 aromatic carbocycles. The van der Waals surface area contributed by atoms with E-state index in [1.54, 1.807) is 0 Å². The largest absolute Gasteiger partial charge is 0.457 e. The molecule has 0 rings (SSSR count). The highest BCUT2D eigenvalue weighted by Crippen LogP contribution is 2.15. The van der Waals surface area contributed by atoms with Crippen molar-refractivity contribution in [2.45, 2.75) is 270 Å². The fourth-order valence-corrected chi connectivity index (χ4v) is 7.41. The van der Waals surface area contributed by atoms with Crippen LogP contribution >= 0.6 is 0 Å². The van der Waals surface area contributed by atoms with Crippen molar-refractivity contribution in [3.05, 3.63) is 36.5 Å². The van der Waals surface area contributed by atoms with E-state index in [2.05, 4.69) is 50.3 Å². The van der Waals surface area contributed by atoms with Gasteiger partial charge in [0.1, 0.15) is 6.10 Å². The SMILES string of the molecule is CCCCCCC/C=C\C/C=C\CCCCCCCCCCCCCCCCOCC(CO)OC(=O)CCCCCCCCC/C=C\CCCCCCCCC. The Hall–Kier alpha value is -1.39. The second kappa shape index (κ2) is 49.8. The third kappa shape index (κ3) is 47.0. The van der Waals surface area contributed by atoms with Crippen LogP contribution in [0.15, 0.2) is 36.5 Å². The van der Waals surface area contributed by atoms with E-state index in [0.29, 0.717) is 19.6 Å². The maximum absolute atomic E-state index is 12.2. The maximum Gasteiger partial charge on any atom is 0.306 e. The number of hydrogen-bond donors (Lipinski definition) is 1. The molecule has 0 saturated heterocycles. The van der Waals surface area contributed by atoms with E-state index in [0.717, 1.165) is 25.7 Å². The van der Waals surface area contributed by atoms with E-state index in [-0.39, 0.29) is 12.6 Å². The summed E-state index contributed by atoms with van der Waals surface area (Å²) in [5, 5.41) is 9.64. The molecule has 0 fully saturated rings. The highest BCUT2D eigenvalue weighted by molar-refractivity contribution is 5.69. The summed E-state index contributed by atoms with van der Waals surface area (Å²) in [6.45, 7) is 5.36. The van der Waals surface area contributed by atoms with Crippen LogP contribution in [0.2, 0.25) is 0 Å². The van der Waals surface area contributed by atoms with Crippen molar-refractivity contribution < 1.29 is 19.4 Å². The van der Waals surface area contributed by atoms with Gasteiger partial charge in [0.05, 0.1) is 13.2 Å². The molecule has 1 atom stereocenters. The summed E-state index contributed by atoms with van der Waals surface area (Å²) >= 11 is 0. The highest BCUT2D eigenvalue weighted by Gasteiger charge is 2.13. The molecule has 0 aliphatic carbocycles. The average molecular weight is 787 g/mol. The first-order valence-electron chi connectivity index (χ1n) is 25.1. The lowest BCUT2D eigenvalue weighted by molar-refractivity contribution is -0.154. The van der Waals surface area contributed by atoms with Crippen molar-refractivity contribution in [2.24, 2.45) is 0 Å². The molecule has 56 heavy (non-hydrogen) atoms. The van der Waals surface area contributed by atoms with Crippen molar-refractivity contribution in [1.29, 1.82) is 0 Å². The minimum Gasteiger partial charge on any atom is -0.457 e. The molecule has 4 heteroatoms.